The van der Waals surface area contributed by atoms with Gasteiger partial charge in [-0.1, -0.05) is 28.1 Å². The Labute approximate surface area is 115 Å². The van der Waals surface area contributed by atoms with Crippen LogP contribution in [0.3, 0.4) is 0 Å². The van der Waals surface area contributed by atoms with Crippen LogP contribution < -0.4 is 5.32 Å². The molecule has 1 nitrogen and oxygen atoms in total. The molecule has 1 heterocycles. The Hall–Kier alpha value is -0.640. The Kier molecular flexibility index (Phi) is 4.37. The minimum Gasteiger partial charge on any atom is -0.305 e. The third kappa shape index (κ3) is 3.41. The topological polar surface area (TPSA) is 12.0 Å². The predicted molar refractivity (Wildman–Crippen MR) is 78.5 cm³/mol. The predicted octanol–water partition coefficient (Wildman–Crippen LogP) is 4.67. The van der Waals surface area contributed by atoms with Crippen molar-refractivity contribution in [3.05, 3.63) is 56.2 Å². The molecule has 17 heavy (non-hydrogen) atoms. The first-order valence-electron chi connectivity index (χ1n) is 5.68. The highest BCUT2D eigenvalue weighted by atomic mass is 79.9. The molecule has 0 spiro atoms. The van der Waals surface area contributed by atoms with Crippen LogP contribution in [0.4, 0.5) is 0 Å². The van der Waals surface area contributed by atoms with Crippen LogP contribution in [0, 0.1) is 6.92 Å². The Morgan fingerprint density at radius 3 is 2.53 bits per heavy atom. The zero-order valence-corrected chi connectivity index (χ0v) is 12.4. The molecule has 0 aliphatic rings. The molecule has 2 aromatic rings. The Morgan fingerprint density at radius 2 is 1.94 bits per heavy atom. The molecule has 1 aromatic carbocycles. The fraction of sp³-hybridized carbons (Fsp3) is 0.286. The second-order valence-corrected chi connectivity index (χ2v) is 6.10. The number of hydrogen-bond acceptors (Lipinski definition) is 2. The zero-order chi connectivity index (χ0) is 12.3. The maximum Gasteiger partial charge on any atom is 0.0308 e. The van der Waals surface area contributed by atoms with Crippen molar-refractivity contribution < 1.29 is 0 Å². The maximum absolute atomic E-state index is 3.56. The Bertz CT molecular complexity index is 475. The highest BCUT2D eigenvalue weighted by Crippen LogP contribution is 2.19. The van der Waals surface area contributed by atoms with Crippen molar-refractivity contribution in [2.45, 2.75) is 26.4 Å². The maximum atomic E-state index is 3.56. The molecule has 1 aromatic heterocycles. The summed E-state index contributed by atoms with van der Waals surface area (Å²) in [5.41, 5.74) is 2.70. The highest BCUT2D eigenvalue weighted by molar-refractivity contribution is 9.10. The van der Waals surface area contributed by atoms with Crippen molar-refractivity contribution in [2.75, 3.05) is 0 Å². The number of aryl methyl sites for hydroxylation is 1. The molecule has 0 bridgehead atoms. The number of benzene rings is 1. The lowest BCUT2D eigenvalue weighted by Gasteiger charge is -2.14. The summed E-state index contributed by atoms with van der Waals surface area (Å²) in [6.45, 7) is 5.31. The number of thiophene rings is 1. The largest absolute Gasteiger partial charge is 0.305 e. The standard InChI is InChI=1S/C14H16BrNS/c1-10-7-8-17-14(10)9-16-11(2)12-3-5-13(15)6-4-12/h3-8,11,16H,9H2,1-2H3/t11-/m1/s1. The molecule has 0 fully saturated rings. The molecule has 2 rings (SSSR count). The zero-order valence-electron chi connectivity index (χ0n) is 10.0. The van der Waals surface area contributed by atoms with Crippen LogP contribution in [0.1, 0.15) is 29.0 Å². The minimum atomic E-state index is 0.379. The van der Waals surface area contributed by atoms with E-state index in [1.807, 2.05) is 11.3 Å². The van der Waals surface area contributed by atoms with Crippen LogP contribution in [0.15, 0.2) is 40.2 Å². The van der Waals surface area contributed by atoms with Gasteiger partial charge in [0.05, 0.1) is 0 Å². The molecule has 3 heteroatoms. The van der Waals surface area contributed by atoms with Gasteiger partial charge in [-0.15, -0.1) is 11.3 Å². The summed E-state index contributed by atoms with van der Waals surface area (Å²) < 4.78 is 1.13. The van der Waals surface area contributed by atoms with Crippen molar-refractivity contribution in [3.8, 4) is 0 Å². The molecule has 0 saturated carbocycles. The summed E-state index contributed by atoms with van der Waals surface area (Å²) in [6.07, 6.45) is 0. The van der Waals surface area contributed by atoms with Gasteiger partial charge in [-0.3, -0.25) is 0 Å². The van der Waals surface area contributed by atoms with Gasteiger partial charge in [0, 0.05) is 21.9 Å². The van der Waals surface area contributed by atoms with Crippen LogP contribution in [-0.2, 0) is 6.54 Å². The van der Waals surface area contributed by atoms with Crippen molar-refractivity contribution in [1.29, 1.82) is 0 Å². The smallest absolute Gasteiger partial charge is 0.0308 e. The van der Waals surface area contributed by atoms with E-state index in [9.17, 15) is 0 Å². The lowest BCUT2D eigenvalue weighted by atomic mass is 10.1. The summed E-state index contributed by atoms with van der Waals surface area (Å²) in [5.74, 6) is 0. The van der Waals surface area contributed by atoms with E-state index in [-0.39, 0.29) is 0 Å². The summed E-state index contributed by atoms with van der Waals surface area (Å²) >= 11 is 5.28. The Morgan fingerprint density at radius 1 is 1.24 bits per heavy atom. The van der Waals surface area contributed by atoms with Gasteiger partial charge in [0.2, 0.25) is 0 Å². The van der Waals surface area contributed by atoms with Crippen LogP contribution in [-0.4, -0.2) is 0 Å². The molecule has 0 amide bonds. The second-order valence-electron chi connectivity index (χ2n) is 4.18. The van der Waals surface area contributed by atoms with Crippen molar-refractivity contribution >= 4 is 27.3 Å². The van der Waals surface area contributed by atoms with Gasteiger partial charge in [-0.2, -0.15) is 0 Å². The summed E-state index contributed by atoms with van der Waals surface area (Å²) in [4.78, 5) is 1.42. The van der Waals surface area contributed by atoms with Crippen LogP contribution in [0.2, 0.25) is 0 Å². The fourth-order valence-corrected chi connectivity index (χ4v) is 2.82. The van der Waals surface area contributed by atoms with Gasteiger partial charge in [-0.25, -0.2) is 0 Å². The minimum absolute atomic E-state index is 0.379. The van der Waals surface area contributed by atoms with Gasteiger partial charge in [-0.05, 0) is 48.6 Å². The number of rotatable bonds is 4. The van der Waals surface area contributed by atoms with Gasteiger partial charge in [0.1, 0.15) is 0 Å². The highest BCUT2D eigenvalue weighted by Gasteiger charge is 2.06. The van der Waals surface area contributed by atoms with Crippen LogP contribution in [0.25, 0.3) is 0 Å². The van der Waals surface area contributed by atoms with Gasteiger partial charge < -0.3 is 5.32 Å². The van der Waals surface area contributed by atoms with Gasteiger partial charge in [0.15, 0.2) is 0 Å². The number of nitrogens with one attached hydrogen (secondary N) is 1. The Balaban J connectivity index is 1.95. The number of hydrogen-bond donors (Lipinski definition) is 1. The van der Waals surface area contributed by atoms with Gasteiger partial charge >= 0.3 is 0 Å². The molecule has 0 saturated heterocycles. The first-order chi connectivity index (χ1) is 8.16. The summed E-state index contributed by atoms with van der Waals surface area (Å²) in [5, 5.41) is 5.71. The molecule has 0 unspecified atom stereocenters. The van der Waals surface area contributed by atoms with Crippen molar-refractivity contribution in [1.82, 2.24) is 5.32 Å². The monoisotopic (exact) mass is 309 g/mol. The van der Waals surface area contributed by atoms with E-state index >= 15 is 0 Å². The average Bonchev–Trinajstić information content (AvgIpc) is 2.73. The van der Waals surface area contributed by atoms with Crippen LogP contribution in [0.5, 0.6) is 0 Å². The summed E-state index contributed by atoms with van der Waals surface area (Å²) in [7, 11) is 0. The summed E-state index contributed by atoms with van der Waals surface area (Å²) in [6, 6.07) is 11.0. The lowest BCUT2D eigenvalue weighted by Crippen LogP contribution is -2.17. The lowest BCUT2D eigenvalue weighted by molar-refractivity contribution is 0.578. The molecule has 0 radical (unpaired) electrons. The normalized spacial score (nSPS) is 12.6. The van der Waals surface area contributed by atoms with E-state index in [0.29, 0.717) is 6.04 Å². The molecular weight excluding hydrogens is 294 g/mol. The SMILES string of the molecule is Cc1ccsc1CN[C@H](C)c1ccc(Br)cc1. The number of halogens is 1. The van der Waals surface area contributed by atoms with E-state index in [0.717, 1.165) is 11.0 Å². The van der Waals surface area contributed by atoms with E-state index < -0.39 is 0 Å². The molecular formula is C14H16BrNS. The third-order valence-electron chi connectivity index (χ3n) is 2.91. The first kappa shape index (κ1) is 12.8. The van der Waals surface area contributed by atoms with E-state index in [4.69, 9.17) is 0 Å². The van der Waals surface area contributed by atoms with Crippen molar-refractivity contribution in [2.24, 2.45) is 0 Å². The molecule has 0 aliphatic carbocycles. The van der Waals surface area contributed by atoms with E-state index in [1.165, 1.54) is 16.0 Å². The van der Waals surface area contributed by atoms with E-state index in [1.54, 1.807) is 0 Å². The quantitative estimate of drug-likeness (QED) is 0.865. The first-order valence-corrected chi connectivity index (χ1v) is 7.36. The third-order valence-corrected chi connectivity index (χ3v) is 4.46. The fourth-order valence-electron chi connectivity index (χ4n) is 1.70. The molecule has 1 N–H and O–H groups in total. The second kappa shape index (κ2) is 5.80. The van der Waals surface area contributed by atoms with Crippen molar-refractivity contribution in [3.63, 3.8) is 0 Å². The van der Waals surface area contributed by atoms with Gasteiger partial charge in [0.25, 0.3) is 0 Å². The van der Waals surface area contributed by atoms with E-state index in [2.05, 4.69) is 70.8 Å². The molecule has 90 valence electrons. The molecule has 1 atom stereocenters. The van der Waals surface area contributed by atoms with Crippen LogP contribution >= 0.6 is 27.3 Å². The molecule has 0 aliphatic heterocycles. The average molecular weight is 310 g/mol.